The summed E-state index contributed by atoms with van der Waals surface area (Å²) in [5.41, 5.74) is 6.34. The highest BCUT2D eigenvalue weighted by molar-refractivity contribution is 5.97. The summed E-state index contributed by atoms with van der Waals surface area (Å²) < 4.78 is 13.1. The van der Waals surface area contributed by atoms with Crippen molar-refractivity contribution in [2.24, 2.45) is 11.3 Å². The van der Waals surface area contributed by atoms with Crippen molar-refractivity contribution in [3.8, 4) is 11.5 Å². The Morgan fingerprint density at radius 1 is 0.902 bits per heavy atom. The highest BCUT2D eigenvalue weighted by Crippen LogP contribution is 2.58. The van der Waals surface area contributed by atoms with Gasteiger partial charge in [0.15, 0.2) is 5.60 Å². The number of anilines is 3. The number of rotatable bonds is 4. The van der Waals surface area contributed by atoms with E-state index in [0.717, 1.165) is 58.0 Å². The molecule has 5 heteroatoms. The predicted molar refractivity (Wildman–Crippen MR) is 164 cm³/mol. The number of para-hydroxylation sites is 1. The Labute approximate surface area is 242 Å². The van der Waals surface area contributed by atoms with Crippen molar-refractivity contribution in [3.05, 3.63) is 113 Å². The van der Waals surface area contributed by atoms with Crippen LogP contribution in [-0.4, -0.2) is 18.6 Å². The molecule has 3 aliphatic heterocycles. The van der Waals surface area contributed by atoms with Crippen LogP contribution < -0.4 is 15.0 Å². The molecule has 3 aliphatic rings. The Morgan fingerprint density at radius 3 is 2.39 bits per heavy atom. The van der Waals surface area contributed by atoms with Crippen LogP contribution in [0.2, 0.25) is 0 Å². The van der Waals surface area contributed by atoms with Crippen LogP contribution in [0.3, 0.4) is 0 Å². The van der Waals surface area contributed by atoms with Crippen molar-refractivity contribution in [1.29, 1.82) is 0 Å². The quantitative estimate of drug-likeness (QED) is 0.261. The van der Waals surface area contributed by atoms with E-state index in [1.807, 2.05) is 54.6 Å². The molecule has 41 heavy (non-hydrogen) atoms. The lowest BCUT2D eigenvalue weighted by molar-refractivity contribution is 0.0224. The summed E-state index contributed by atoms with van der Waals surface area (Å²) >= 11 is 0. The van der Waals surface area contributed by atoms with E-state index in [9.17, 15) is 4.79 Å². The SMILES string of the molecule is CCC1C(C)N(c2ccc3c(c2)Oc2cc(C)c(Nc4ccccc4)cc2C32OC(=O)c3ccccc32)CC1(C)C. The molecule has 4 aromatic carbocycles. The summed E-state index contributed by atoms with van der Waals surface area (Å²) in [6.45, 7) is 12.4. The van der Waals surface area contributed by atoms with Gasteiger partial charge in [-0.25, -0.2) is 4.79 Å². The van der Waals surface area contributed by atoms with Crippen molar-refractivity contribution in [2.45, 2.75) is 52.7 Å². The predicted octanol–water partition coefficient (Wildman–Crippen LogP) is 8.57. The molecule has 7 rings (SSSR count). The summed E-state index contributed by atoms with van der Waals surface area (Å²) in [6.07, 6.45) is 1.15. The summed E-state index contributed by atoms with van der Waals surface area (Å²) in [7, 11) is 0. The van der Waals surface area contributed by atoms with Crippen LogP contribution in [0, 0.1) is 18.3 Å². The zero-order chi connectivity index (χ0) is 28.5. The number of carbonyl (C=O) groups is 1. The zero-order valence-corrected chi connectivity index (χ0v) is 24.3. The number of carbonyl (C=O) groups excluding carboxylic acids is 1. The van der Waals surface area contributed by atoms with Crippen molar-refractivity contribution in [3.63, 3.8) is 0 Å². The first-order chi connectivity index (χ1) is 19.7. The summed E-state index contributed by atoms with van der Waals surface area (Å²) in [6, 6.07) is 28.8. The first kappa shape index (κ1) is 25.7. The lowest BCUT2D eigenvalue weighted by Crippen LogP contribution is -2.34. The zero-order valence-electron chi connectivity index (χ0n) is 24.3. The number of benzene rings is 4. The molecule has 0 amide bonds. The number of aryl methyl sites for hydroxylation is 1. The van der Waals surface area contributed by atoms with E-state index in [-0.39, 0.29) is 11.4 Å². The number of esters is 1. The van der Waals surface area contributed by atoms with Gasteiger partial charge < -0.3 is 19.7 Å². The van der Waals surface area contributed by atoms with E-state index in [2.05, 4.69) is 75.2 Å². The maximum atomic E-state index is 13.4. The van der Waals surface area contributed by atoms with E-state index in [0.29, 0.717) is 23.3 Å². The maximum absolute atomic E-state index is 13.4. The first-order valence-electron chi connectivity index (χ1n) is 14.6. The highest BCUT2D eigenvalue weighted by Gasteiger charge is 2.54. The van der Waals surface area contributed by atoms with E-state index in [1.165, 1.54) is 0 Å². The Hall–Kier alpha value is -4.25. The molecule has 0 saturated carbocycles. The van der Waals surface area contributed by atoms with Gasteiger partial charge in [-0.1, -0.05) is 63.6 Å². The van der Waals surface area contributed by atoms with Gasteiger partial charge in [-0.3, -0.25) is 0 Å². The molecule has 1 saturated heterocycles. The molecule has 0 aliphatic carbocycles. The van der Waals surface area contributed by atoms with Gasteiger partial charge in [0, 0.05) is 52.4 Å². The fraction of sp³-hybridized carbons (Fsp3) is 0.306. The molecule has 3 atom stereocenters. The standard InChI is InChI=1S/C36H36N2O3/c1-6-27-23(3)38(21-35(27,4)5)25-16-17-29-33(19-25)40-32-18-22(2)31(37-24-12-8-7-9-13-24)20-30(32)36(29)28-15-11-10-14-26(28)34(39)41-36/h7-20,23,27,37H,6,21H2,1-5H3. The highest BCUT2D eigenvalue weighted by atomic mass is 16.6. The van der Waals surface area contributed by atoms with Gasteiger partial charge in [-0.2, -0.15) is 0 Å². The number of hydrogen-bond acceptors (Lipinski definition) is 5. The number of ether oxygens (including phenoxy) is 2. The average molecular weight is 545 g/mol. The smallest absolute Gasteiger partial charge is 0.340 e. The van der Waals surface area contributed by atoms with E-state index in [1.54, 1.807) is 0 Å². The van der Waals surface area contributed by atoms with Gasteiger partial charge in [0.1, 0.15) is 11.5 Å². The fourth-order valence-electron chi connectivity index (χ4n) is 7.59. The van der Waals surface area contributed by atoms with Crippen LogP contribution in [0.25, 0.3) is 0 Å². The minimum atomic E-state index is -1.10. The van der Waals surface area contributed by atoms with Crippen LogP contribution in [0.1, 0.15) is 66.7 Å². The molecule has 208 valence electrons. The molecular weight excluding hydrogens is 508 g/mol. The second-order valence-electron chi connectivity index (χ2n) is 12.4. The third-order valence-corrected chi connectivity index (χ3v) is 9.52. The minimum Gasteiger partial charge on any atom is -0.456 e. The molecule has 1 spiro atoms. The molecule has 3 heterocycles. The first-order valence-corrected chi connectivity index (χ1v) is 14.6. The molecule has 0 aromatic heterocycles. The van der Waals surface area contributed by atoms with Crippen LogP contribution in [0.4, 0.5) is 17.1 Å². The van der Waals surface area contributed by atoms with Crippen molar-refractivity contribution < 1.29 is 14.3 Å². The number of hydrogen-bond donors (Lipinski definition) is 1. The van der Waals surface area contributed by atoms with E-state index < -0.39 is 5.60 Å². The largest absolute Gasteiger partial charge is 0.456 e. The van der Waals surface area contributed by atoms with Gasteiger partial charge in [0.05, 0.1) is 5.56 Å². The van der Waals surface area contributed by atoms with Crippen LogP contribution in [-0.2, 0) is 10.3 Å². The molecule has 0 radical (unpaired) electrons. The van der Waals surface area contributed by atoms with Crippen molar-refractivity contribution >= 4 is 23.0 Å². The molecule has 0 bridgehead atoms. The molecule has 5 nitrogen and oxygen atoms in total. The number of fused-ring (bicyclic) bond motifs is 6. The minimum absolute atomic E-state index is 0.220. The third kappa shape index (κ3) is 3.78. The normalized spacial score (nSPS) is 23.4. The monoisotopic (exact) mass is 544 g/mol. The van der Waals surface area contributed by atoms with Crippen LogP contribution in [0.15, 0.2) is 84.9 Å². The Kier molecular flexibility index (Phi) is 5.73. The lowest BCUT2D eigenvalue weighted by atomic mass is 9.77. The van der Waals surface area contributed by atoms with Gasteiger partial charge in [0.25, 0.3) is 0 Å². The van der Waals surface area contributed by atoms with Gasteiger partial charge in [-0.15, -0.1) is 0 Å². The van der Waals surface area contributed by atoms with E-state index >= 15 is 0 Å². The fourth-order valence-corrected chi connectivity index (χ4v) is 7.59. The van der Waals surface area contributed by atoms with Crippen LogP contribution in [0.5, 0.6) is 11.5 Å². The molecule has 1 N–H and O–H groups in total. The van der Waals surface area contributed by atoms with Gasteiger partial charge >= 0.3 is 5.97 Å². The molecule has 1 fully saturated rings. The third-order valence-electron chi connectivity index (χ3n) is 9.52. The Bertz CT molecular complexity index is 1680. The summed E-state index contributed by atoms with van der Waals surface area (Å²) in [5, 5.41) is 3.55. The molecular formula is C36H36N2O3. The van der Waals surface area contributed by atoms with Gasteiger partial charge in [-0.05, 0) is 73.2 Å². The average Bonchev–Trinajstić information content (AvgIpc) is 3.39. The summed E-state index contributed by atoms with van der Waals surface area (Å²) in [4.78, 5) is 15.9. The molecule has 4 aromatic rings. The maximum Gasteiger partial charge on any atom is 0.340 e. The Balaban J connectivity index is 1.40. The second-order valence-corrected chi connectivity index (χ2v) is 12.4. The topological polar surface area (TPSA) is 50.8 Å². The van der Waals surface area contributed by atoms with Crippen LogP contribution >= 0.6 is 0 Å². The van der Waals surface area contributed by atoms with Gasteiger partial charge in [0.2, 0.25) is 0 Å². The van der Waals surface area contributed by atoms with Crippen molar-refractivity contribution in [2.75, 3.05) is 16.8 Å². The number of nitrogens with one attached hydrogen (secondary N) is 1. The van der Waals surface area contributed by atoms with E-state index in [4.69, 9.17) is 9.47 Å². The molecule has 3 unspecified atom stereocenters. The van der Waals surface area contributed by atoms with Crippen molar-refractivity contribution in [1.82, 2.24) is 0 Å². The second kappa shape index (κ2) is 9.13. The lowest BCUT2D eigenvalue weighted by Gasteiger charge is -2.38. The Morgan fingerprint density at radius 2 is 1.63 bits per heavy atom. The summed E-state index contributed by atoms with van der Waals surface area (Å²) in [5.74, 6) is 1.72. The number of nitrogens with zero attached hydrogens (tertiary/aromatic N) is 1.